The summed E-state index contributed by atoms with van der Waals surface area (Å²) in [7, 11) is -4.02. The van der Waals surface area contributed by atoms with Crippen LogP contribution in [0.3, 0.4) is 0 Å². The van der Waals surface area contributed by atoms with Gasteiger partial charge in [-0.15, -0.1) is 11.4 Å². The Labute approximate surface area is 93.1 Å². The van der Waals surface area contributed by atoms with Crippen LogP contribution < -0.4 is 0 Å². The van der Waals surface area contributed by atoms with E-state index in [4.69, 9.17) is 4.55 Å². The zero-order chi connectivity index (χ0) is 12.0. The van der Waals surface area contributed by atoms with Gasteiger partial charge in [-0.1, -0.05) is 17.7 Å². The minimum atomic E-state index is -4.02. The number of nitrogens with zero attached hydrogens (tertiary/aromatic N) is 2. The molecular weight excluding hydrogens is 230 g/mol. The van der Waals surface area contributed by atoms with Gasteiger partial charge in [-0.2, -0.15) is 8.42 Å². The van der Waals surface area contributed by atoms with E-state index in [1.807, 2.05) is 6.92 Å². The van der Waals surface area contributed by atoms with E-state index in [1.54, 1.807) is 12.1 Å². The van der Waals surface area contributed by atoms with Crippen LogP contribution in [0.1, 0.15) is 5.56 Å². The minimum absolute atomic E-state index is 0.0666. The van der Waals surface area contributed by atoms with Gasteiger partial charge in [0.05, 0.1) is 4.90 Å². The molecule has 0 aliphatic rings. The van der Waals surface area contributed by atoms with Gasteiger partial charge in [-0.25, -0.2) is 0 Å². The largest absolute Gasteiger partial charge is 0.352 e. The van der Waals surface area contributed by atoms with Crippen molar-refractivity contribution < 1.29 is 13.0 Å². The third-order valence-corrected chi connectivity index (χ3v) is 2.48. The summed E-state index contributed by atoms with van der Waals surface area (Å²) in [6.45, 7) is 1.84. The molecule has 86 valence electrons. The van der Waals surface area contributed by atoms with Gasteiger partial charge >= 0.3 is 0 Å². The molecule has 0 saturated heterocycles. The van der Waals surface area contributed by atoms with E-state index < -0.39 is 10.1 Å². The van der Waals surface area contributed by atoms with E-state index in [0.29, 0.717) is 0 Å². The number of aromatic nitrogens is 3. The molecule has 0 bridgehead atoms. The van der Waals surface area contributed by atoms with Crippen molar-refractivity contribution in [2.24, 2.45) is 0 Å². The van der Waals surface area contributed by atoms with Crippen LogP contribution in [0.4, 0.5) is 0 Å². The molecule has 0 saturated carbocycles. The number of rotatable bonds is 1. The summed E-state index contributed by atoms with van der Waals surface area (Å²) < 4.78 is 29.6. The summed E-state index contributed by atoms with van der Waals surface area (Å²) in [5, 5.41) is 9.03. The Bertz CT molecular complexity index is 488. The van der Waals surface area contributed by atoms with E-state index in [2.05, 4.69) is 21.6 Å². The SMILES string of the molecule is Cc1ccc(S(=O)(=O)O)cc1.[c-]1c[nH]nn1. The standard InChI is InChI=1S/C7H8O3S.C2H2N3/c1-6-2-4-7(5-3-6)11(8,9)10;1-2-4-5-3-1/h2-5H,1H3,(H,8,9,10);1H,(H,3,4,5)/q;-1. The molecule has 6 nitrogen and oxygen atoms in total. The molecule has 0 atom stereocenters. The maximum Gasteiger partial charge on any atom is 0.294 e. The van der Waals surface area contributed by atoms with Gasteiger partial charge in [-0.05, 0) is 19.1 Å². The lowest BCUT2D eigenvalue weighted by atomic mass is 10.2. The topological polar surface area (TPSA) is 95.9 Å². The quantitative estimate of drug-likeness (QED) is 0.569. The maximum atomic E-state index is 10.5. The molecule has 0 spiro atoms. The molecule has 0 aliphatic carbocycles. The van der Waals surface area contributed by atoms with Crippen LogP contribution in [0, 0.1) is 13.1 Å². The Hall–Kier alpha value is -1.73. The highest BCUT2D eigenvalue weighted by Gasteiger charge is 2.06. The number of aromatic amines is 1. The summed E-state index contributed by atoms with van der Waals surface area (Å²) in [6, 6.07) is 5.99. The third kappa shape index (κ3) is 4.20. The average Bonchev–Trinajstić information content (AvgIpc) is 2.74. The normalized spacial score (nSPS) is 10.4. The Kier molecular flexibility index (Phi) is 4.15. The average molecular weight is 240 g/mol. The molecular formula is C9H10N3O3S-. The van der Waals surface area contributed by atoms with Crippen LogP contribution in [-0.2, 0) is 10.1 Å². The van der Waals surface area contributed by atoms with Crippen molar-refractivity contribution >= 4 is 10.1 Å². The van der Waals surface area contributed by atoms with Crippen LogP contribution in [0.2, 0.25) is 0 Å². The Morgan fingerprint density at radius 1 is 1.31 bits per heavy atom. The molecule has 1 aromatic carbocycles. The van der Waals surface area contributed by atoms with Crippen LogP contribution in [0.15, 0.2) is 35.4 Å². The maximum absolute atomic E-state index is 10.5. The van der Waals surface area contributed by atoms with E-state index in [9.17, 15) is 8.42 Å². The highest BCUT2D eigenvalue weighted by Crippen LogP contribution is 2.08. The Morgan fingerprint density at radius 2 is 1.94 bits per heavy atom. The first-order chi connectivity index (χ1) is 7.50. The van der Waals surface area contributed by atoms with E-state index in [-0.39, 0.29) is 4.90 Å². The van der Waals surface area contributed by atoms with Crippen molar-refractivity contribution in [3.8, 4) is 0 Å². The van der Waals surface area contributed by atoms with Gasteiger partial charge in [-0.3, -0.25) is 4.55 Å². The fourth-order valence-electron chi connectivity index (χ4n) is 0.855. The van der Waals surface area contributed by atoms with Crippen LogP contribution in [0.5, 0.6) is 0 Å². The van der Waals surface area contributed by atoms with Crippen molar-refractivity contribution in [3.05, 3.63) is 42.2 Å². The Morgan fingerprint density at radius 3 is 2.25 bits per heavy atom. The number of H-pyrrole nitrogens is 1. The second-order valence-corrected chi connectivity index (χ2v) is 4.31. The second-order valence-electron chi connectivity index (χ2n) is 2.89. The molecule has 0 amide bonds. The molecule has 2 rings (SSSR count). The molecule has 16 heavy (non-hydrogen) atoms. The highest BCUT2D eigenvalue weighted by atomic mass is 32.2. The van der Waals surface area contributed by atoms with Crippen molar-refractivity contribution in [1.82, 2.24) is 15.4 Å². The lowest BCUT2D eigenvalue weighted by Crippen LogP contribution is -1.96. The molecule has 2 aromatic rings. The molecule has 7 heteroatoms. The third-order valence-electron chi connectivity index (χ3n) is 1.61. The number of aryl methyl sites for hydroxylation is 1. The predicted octanol–water partition coefficient (Wildman–Crippen LogP) is 0.847. The van der Waals surface area contributed by atoms with E-state index >= 15 is 0 Å². The Balaban J connectivity index is 0.000000212. The fourth-order valence-corrected chi connectivity index (χ4v) is 1.33. The highest BCUT2D eigenvalue weighted by molar-refractivity contribution is 7.85. The number of nitrogens with one attached hydrogen (secondary N) is 1. The second kappa shape index (κ2) is 5.38. The van der Waals surface area contributed by atoms with Gasteiger partial charge in [0.25, 0.3) is 10.1 Å². The van der Waals surface area contributed by atoms with Crippen molar-refractivity contribution in [3.63, 3.8) is 0 Å². The van der Waals surface area contributed by atoms with Gasteiger partial charge in [0.1, 0.15) is 0 Å². The van der Waals surface area contributed by atoms with Gasteiger partial charge < -0.3 is 16.4 Å². The smallest absolute Gasteiger partial charge is 0.294 e. The first-order valence-electron chi connectivity index (χ1n) is 4.27. The molecule has 0 unspecified atom stereocenters. The minimum Gasteiger partial charge on any atom is -0.352 e. The molecule has 0 fully saturated rings. The molecule has 1 aromatic heterocycles. The van der Waals surface area contributed by atoms with E-state index in [1.165, 1.54) is 18.3 Å². The summed E-state index contributed by atoms with van der Waals surface area (Å²) in [4.78, 5) is -0.0666. The fraction of sp³-hybridized carbons (Fsp3) is 0.111. The van der Waals surface area contributed by atoms with Crippen LogP contribution in [-0.4, -0.2) is 28.4 Å². The van der Waals surface area contributed by atoms with Crippen molar-refractivity contribution in [1.29, 1.82) is 0 Å². The van der Waals surface area contributed by atoms with Crippen molar-refractivity contribution in [2.45, 2.75) is 11.8 Å². The summed E-state index contributed by atoms with van der Waals surface area (Å²) in [5.41, 5.74) is 0.956. The molecule has 0 radical (unpaired) electrons. The van der Waals surface area contributed by atoms with Crippen molar-refractivity contribution in [2.75, 3.05) is 0 Å². The first kappa shape index (κ1) is 12.3. The van der Waals surface area contributed by atoms with Gasteiger partial charge in [0.2, 0.25) is 0 Å². The van der Waals surface area contributed by atoms with Gasteiger partial charge in [0, 0.05) is 0 Å². The number of hydrogen-bond donors (Lipinski definition) is 2. The monoisotopic (exact) mass is 240 g/mol. The zero-order valence-electron chi connectivity index (χ0n) is 8.45. The molecule has 2 N–H and O–H groups in total. The number of hydrogen-bond acceptors (Lipinski definition) is 4. The lowest BCUT2D eigenvalue weighted by Gasteiger charge is -1.95. The number of benzene rings is 1. The summed E-state index contributed by atoms with van der Waals surface area (Å²) in [5.74, 6) is 0. The summed E-state index contributed by atoms with van der Waals surface area (Å²) in [6.07, 6.45) is 3.97. The van der Waals surface area contributed by atoms with Crippen LogP contribution >= 0.6 is 0 Å². The predicted molar refractivity (Wildman–Crippen MR) is 56.2 cm³/mol. The molecule has 1 heterocycles. The van der Waals surface area contributed by atoms with Crippen LogP contribution in [0.25, 0.3) is 0 Å². The van der Waals surface area contributed by atoms with E-state index in [0.717, 1.165) is 5.56 Å². The summed E-state index contributed by atoms with van der Waals surface area (Å²) >= 11 is 0. The lowest BCUT2D eigenvalue weighted by molar-refractivity contribution is 0.483. The first-order valence-corrected chi connectivity index (χ1v) is 5.71. The molecule has 0 aliphatic heterocycles. The van der Waals surface area contributed by atoms with Gasteiger partial charge in [0.15, 0.2) is 0 Å². The zero-order valence-corrected chi connectivity index (χ0v) is 9.27.